The van der Waals surface area contributed by atoms with Crippen molar-refractivity contribution < 1.29 is 13.2 Å². The second kappa shape index (κ2) is 5.25. The molecule has 0 aromatic carbocycles. The van der Waals surface area contributed by atoms with Gasteiger partial charge < -0.3 is 5.32 Å². The van der Waals surface area contributed by atoms with E-state index in [0.717, 1.165) is 10.7 Å². The van der Waals surface area contributed by atoms with Crippen molar-refractivity contribution in [3.63, 3.8) is 0 Å². The molecule has 0 aliphatic heterocycles. The Kier molecular flexibility index (Phi) is 3.85. The SMILES string of the molecule is CC(C)NCc1nnc(-n2ccc(C(F)(F)F)n2)s1. The van der Waals surface area contributed by atoms with E-state index in [2.05, 4.69) is 20.6 Å². The summed E-state index contributed by atoms with van der Waals surface area (Å²) in [4.78, 5) is 0. The van der Waals surface area contributed by atoms with Gasteiger partial charge in [0.1, 0.15) is 5.01 Å². The van der Waals surface area contributed by atoms with Gasteiger partial charge in [-0.15, -0.1) is 10.2 Å². The molecular weight excluding hydrogens is 279 g/mol. The average molecular weight is 291 g/mol. The van der Waals surface area contributed by atoms with E-state index < -0.39 is 11.9 Å². The zero-order chi connectivity index (χ0) is 14.0. The minimum Gasteiger partial charge on any atom is -0.308 e. The number of aromatic nitrogens is 4. The maximum Gasteiger partial charge on any atom is 0.435 e. The largest absolute Gasteiger partial charge is 0.435 e. The Labute approximate surface area is 111 Å². The van der Waals surface area contributed by atoms with Crippen LogP contribution in [-0.4, -0.2) is 26.0 Å². The summed E-state index contributed by atoms with van der Waals surface area (Å²) in [7, 11) is 0. The van der Waals surface area contributed by atoms with Gasteiger partial charge in [-0.3, -0.25) is 0 Å². The summed E-state index contributed by atoms with van der Waals surface area (Å²) in [6.07, 6.45) is -3.22. The lowest BCUT2D eigenvalue weighted by Crippen LogP contribution is -2.21. The quantitative estimate of drug-likeness (QED) is 0.938. The Hall–Kier alpha value is -1.48. The fourth-order valence-corrected chi connectivity index (χ4v) is 2.01. The molecule has 0 saturated carbocycles. The number of nitrogens with zero attached hydrogens (tertiary/aromatic N) is 4. The molecule has 104 valence electrons. The smallest absolute Gasteiger partial charge is 0.308 e. The molecule has 2 heterocycles. The summed E-state index contributed by atoms with van der Waals surface area (Å²) in [6, 6.07) is 1.21. The standard InChI is InChI=1S/C10H12F3N5S/c1-6(2)14-5-8-15-16-9(19-8)18-4-3-7(17-18)10(11,12)13/h3-4,6,14H,5H2,1-2H3. The van der Waals surface area contributed by atoms with Crippen LogP contribution >= 0.6 is 11.3 Å². The maximum absolute atomic E-state index is 12.4. The van der Waals surface area contributed by atoms with Crippen LogP contribution in [0.25, 0.3) is 5.13 Å². The summed E-state index contributed by atoms with van der Waals surface area (Å²) in [5, 5.41) is 15.3. The molecular formula is C10H12F3N5S. The van der Waals surface area contributed by atoms with Gasteiger partial charge in [-0.25, -0.2) is 4.68 Å². The molecule has 2 aromatic rings. The predicted molar refractivity (Wildman–Crippen MR) is 64.0 cm³/mol. The molecule has 19 heavy (non-hydrogen) atoms. The maximum atomic E-state index is 12.4. The highest BCUT2D eigenvalue weighted by molar-refractivity contribution is 7.13. The fraction of sp³-hybridized carbons (Fsp3) is 0.500. The van der Waals surface area contributed by atoms with Crippen molar-refractivity contribution in [2.75, 3.05) is 0 Å². The minimum atomic E-state index is -4.45. The molecule has 9 heteroatoms. The second-order valence-corrected chi connectivity index (χ2v) is 5.20. The van der Waals surface area contributed by atoms with Crippen LogP contribution < -0.4 is 5.32 Å². The molecule has 0 radical (unpaired) electrons. The van der Waals surface area contributed by atoms with Crippen molar-refractivity contribution in [2.45, 2.75) is 32.6 Å². The van der Waals surface area contributed by atoms with E-state index in [9.17, 15) is 13.2 Å². The van der Waals surface area contributed by atoms with Gasteiger partial charge in [-0.1, -0.05) is 25.2 Å². The first kappa shape index (κ1) is 13.9. The molecule has 0 fully saturated rings. The Morgan fingerprint density at radius 2 is 2.11 bits per heavy atom. The minimum absolute atomic E-state index is 0.300. The van der Waals surface area contributed by atoms with Gasteiger partial charge in [0.05, 0.1) is 0 Å². The topological polar surface area (TPSA) is 55.6 Å². The van der Waals surface area contributed by atoms with Crippen LogP contribution in [0.5, 0.6) is 0 Å². The van der Waals surface area contributed by atoms with Crippen molar-refractivity contribution in [2.24, 2.45) is 0 Å². The van der Waals surface area contributed by atoms with Crippen molar-refractivity contribution in [1.29, 1.82) is 0 Å². The first-order valence-electron chi connectivity index (χ1n) is 5.55. The van der Waals surface area contributed by atoms with Gasteiger partial charge in [-0.2, -0.15) is 18.3 Å². The first-order chi connectivity index (χ1) is 8.86. The summed E-state index contributed by atoms with van der Waals surface area (Å²) in [6.45, 7) is 4.51. The van der Waals surface area contributed by atoms with Crippen LogP contribution in [0.1, 0.15) is 24.5 Å². The van der Waals surface area contributed by atoms with Crippen molar-refractivity contribution in [3.05, 3.63) is 23.0 Å². The molecule has 1 N–H and O–H groups in total. The summed E-state index contributed by atoms with van der Waals surface area (Å²) < 4.78 is 38.3. The fourth-order valence-electron chi connectivity index (χ4n) is 1.28. The van der Waals surface area contributed by atoms with Crippen LogP contribution in [0.4, 0.5) is 13.2 Å². The lowest BCUT2D eigenvalue weighted by molar-refractivity contribution is -0.141. The van der Waals surface area contributed by atoms with Gasteiger partial charge in [0.25, 0.3) is 0 Å². The summed E-state index contributed by atoms with van der Waals surface area (Å²) >= 11 is 1.20. The number of halogens is 3. The summed E-state index contributed by atoms with van der Waals surface area (Å²) in [5.41, 5.74) is -0.940. The molecule has 5 nitrogen and oxygen atoms in total. The van der Waals surface area contributed by atoms with Crippen LogP contribution in [0.15, 0.2) is 12.3 Å². The van der Waals surface area contributed by atoms with E-state index in [1.807, 2.05) is 13.8 Å². The number of hydrogen-bond acceptors (Lipinski definition) is 5. The van der Waals surface area contributed by atoms with Crippen LogP contribution in [-0.2, 0) is 12.7 Å². The third-order valence-corrected chi connectivity index (χ3v) is 3.11. The van der Waals surface area contributed by atoms with Crippen molar-refractivity contribution in [3.8, 4) is 5.13 Å². The van der Waals surface area contributed by atoms with E-state index >= 15 is 0 Å². The molecule has 0 unspecified atom stereocenters. The number of nitrogens with one attached hydrogen (secondary N) is 1. The lowest BCUT2D eigenvalue weighted by atomic mass is 10.4. The first-order valence-corrected chi connectivity index (χ1v) is 6.37. The van der Waals surface area contributed by atoms with Crippen molar-refractivity contribution in [1.82, 2.24) is 25.3 Å². The zero-order valence-electron chi connectivity index (χ0n) is 10.3. The number of rotatable bonds is 4. The highest BCUT2D eigenvalue weighted by atomic mass is 32.1. The normalized spacial score (nSPS) is 12.3. The number of alkyl halides is 3. The third-order valence-electron chi connectivity index (χ3n) is 2.19. The van der Waals surface area contributed by atoms with E-state index in [4.69, 9.17) is 0 Å². The van der Waals surface area contributed by atoms with Gasteiger partial charge in [0.15, 0.2) is 5.69 Å². The zero-order valence-corrected chi connectivity index (χ0v) is 11.1. The highest BCUT2D eigenvalue weighted by Gasteiger charge is 2.33. The van der Waals surface area contributed by atoms with Crippen LogP contribution in [0.2, 0.25) is 0 Å². The number of hydrogen-bond donors (Lipinski definition) is 1. The molecule has 0 aliphatic rings. The highest BCUT2D eigenvalue weighted by Crippen LogP contribution is 2.28. The Bertz CT molecular complexity index is 545. The molecule has 0 bridgehead atoms. The molecule has 2 rings (SSSR count). The van der Waals surface area contributed by atoms with E-state index in [1.165, 1.54) is 17.5 Å². The summed E-state index contributed by atoms with van der Waals surface area (Å²) in [5.74, 6) is 0. The Morgan fingerprint density at radius 3 is 2.68 bits per heavy atom. The molecule has 2 aromatic heterocycles. The molecule has 0 saturated heterocycles. The Morgan fingerprint density at radius 1 is 1.37 bits per heavy atom. The molecule has 0 amide bonds. The van der Waals surface area contributed by atoms with E-state index in [-0.39, 0.29) is 0 Å². The monoisotopic (exact) mass is 291 g/mol. The second-order valence-electron chi connectivity index (χ2n) is 4.16. The Balaban J connectivity index is 2.12. The molecule has 0 spiro atoms. The van der Waals surface area contributed by atoms with Crippen molar-refractivity contribution >= 4 is 11.3 Å². The van der Waals surface area contributed by atoms with E-state index in [1.54, 1.807) is 0 Å². The average Bonchev–Trinajstić information content (AvgIpc) is 2.94. The lowest BCUT2D eigenvalue weighted by Gasteiger charge is -2.03. The van der Waals surface area contributed by atoms with Crippen LogP contribution in [0, 0.1) is 0 Å². The predicted octanol–water partition coefficient (Wildman–Crippen LogP) is 2.24. The van der Waals surface area contributed by atoms with Crippen LogP contribution in [0.3, 0.4) is 0 Å². The van der Waals surface area contributed by atoms with Gasteiger partial charge >= 0.3 is 6.18 Å². The van der Waals surface area contributed by atoms with E-state index in [0.29, 0.717) is 22.7 Å². The van der Waals surface area contributed by atoms with Gasteiger partial charge in [-0.05, 0) is 6.07 Å². The molecule has 0 atom stereocenters. The molecule has 0 aliphatic carbocycles. The third kappa shape index (κ3) is 3.51. The van der Waals surface area contributed by atoms with Gasteiger partial charge in [0.2, 0.25) is 5.13 Å². The van der Waals surface area contributed by atoms with Gasteiger partial charge in [0, 0.05) is 18.8 Å².